The normalized spacial score (nSPS) is 16.0. The number of carbonyl (C=O) groups is 1. The molecule has 0 saturated heterocycles. The van der Waals surface area contributed by atoms with Crippen LogP contribution in [0.2, 0.25) is 0 Å². The summed E-state index contributed by atoms with van der Waals surface area (Å²) in [5.41, 5.74) is 5.30. The Morgan fingerprint density at radius 3 is 2.24 bits per heavy atom. The van der Waals surface area contributed by atoms with Crippen LogP contribution >= 0.6 is 22.7 Å². The average molecular weight is 921 g/mol. The van der Waals surface area contributed by atoms with E-state index in [1.54, 1.807) is 18.2 Å². The van der Waals surface area contributed by atoms with Crippen LogP contribution in [0.4, 0.5) is 0 Å². The van der Waals surface area contributed by atoms with E-state index in [2.05, 4.69) is 87.6 Å². The zero-order chi connectivity index (χ0) is 45.5. The lowest BCUT2D eigenvalue weighted by Crippen LogP contribution is -2.42. The minimum atomic E-state index is -1.78. The highest BCUT2D eigenvalue weighted by Gasteiger charge is 2.45. The molecule has 9 rings (SSSR count). The maximum atomic E-state index is 13.5. The van der Waals surface area contributed by atoms with Gasteiger partial charge in [0.1, 0.15) is 24.0 Å². The number of aryl methyl sites for hydroxylation is 1. The molecule has 66 heavy (non-hydrogen) atoms. The number of hydrogen-bond donors (Lipinski definition) is 2. The third-order valence-electron chi connectivity index (χ3n) is 12.9. The summed E-state index contributed by atoms with van der Waals surface area (Å²) in [5, 5.41) is 25.6. The van der Waals surface area contributed by atoms with Crippen LogP contribution in [-0.2, 0) is 41.4 Å². The molecule has 0 amide bonds. The molecular formula is C53H56N6O5S2. The van der Waals surface area contributed by atoms with Crippen molar-refractivity contribution in [3.63, 3.8) is 0 Å². The second-order valence-electron chi connectivity index (χ2n) is 17.6. The first-order valence-electron chi connectivity index (χ1n) is 22.8. The van der Waals surface area contributed by atoms with E-state index in [0.717, 1.165) is 97.9 Å². The summed E-state index contributed by atoms with van der Waals surface area (Å²) in [6.45, 7) is 6.61. The van der Waals surface area contributed by atoms with Crippen molar-refractivity contribution in [2.24, 2.45) is 0 Å². The first-order valence-corrected chi connectivity index (χ1v) is 24.6. The number of aromatic nitrogens is 4. The predicted molar refractivity (Wildman–Crippen MR) is 263 cm³/mol. The number of pyridine rings is 1. The third-order valence-corrected chi connectivity index (χ3v) is 14.9. The lowest BCUT2D eigenvalue weighted by molar-refractivity contribution is -0.169. The highest BCUT2D eigenvalue weighted by molar-refractivity contribution is 7.12. The largest absolute Gasteiger partial charge is 0.487 e. The fraction of sp³-hybridized carbons (Fsp3) is 0.321. The third kappa shape index (κ3) is 10.4. The molecule has 2 N–H and O–H groups in total. The number of hydrogen-bond acceptors (Lipinski definition) is 11. The molecule has 0 bridgehead atoms. The zero-order valence-corrected chi connectivity index (χ0v) is 39.1. The van der Waals surface area contributed by atoms with E-state index in [1.165, 1.54) is 33.8 Å². The Labute approximate surface area is 393 Å². The number of nitrogens with zero attached hydrogens (tertiary/aromatic N) is 5. The summed E-state index contributed by atoms with van der Waals surface area (Å²) in [4.78, 5) is 35.2. The molecule has 1 aliphatic rings. The average Bonchev–Trinajstić information content (AvgIpc) is 4.16. The summed E-state index contributed by atoms with van der Waals surface area (Å²) in [6, 6.07) is 42.4. The number of carbonyl (C=O) groups excluding carboxylic acids is 1. The topological polar surface area (TPSA) is 126 Å². The van der Waals surface area contributed by atoms with Gasteiger partial charge in [-0.1, -0.05) is 97.1 Å². The number of aromatic amines is 1. The molecule has 8 aromatic rings. The standard InChI is InChI=1S/C53H56N6O5S2/c1-37(43-23-26-47(51-44(43)24-27-50(60)54-51)63-36-39-14-7-4-8-15-39)33-58(34-38-12-5-3-6-13-38)35-40-18-25-46-45(32-40)55-56-59(46)29-11-28-57(2)41-19-21-42(22-20-41)64-52(61)53(62,48-16-9-30-65-48)49-17-10-31-66-49/h3-10,12-18,23-27,30-32,37,41-42,62H,11,19-22,28-29,33-36H2,1-2H3,(H,54,60)/t37-,41-,42-/m0/s1. The number of fused-ring (bicyclic) bond motifs is 2. The lowest BCUT2D eigenvalue weighted by atomic mass is 9.91. The molecule has 1 aliphatic carbocycles. The van der Waals surface area contributed by atoms with E-state index in [-0.39, 0.29) is 17.6 Å². The van der Waals surface area contributed by atoms with Gasteiger partial charge in [0.2, 0.25) is 11.2 Å². The van der Waals surface area contributed by atoms with E-state index in [0.29, 0.717) is 28.2 Å². The molecule has 0 aliphatic heterocycles. The van der Waals surface area contributed by atoms with Crippen molar-refractivity contribution in [3.8, 4) is 5.75 Å². The van der Waals surface area contributed by atoms with Crippen molar-refractivity contribution < 1.29 is 19.4 Å². The second-order valence-corrected chi connectivity index (χ2v) is 19.5. The Balaban J connectivity index is 0.807. The van der Waals surface area contributed by atoms with E-state index in [4.69, 9.17) is 9.47 Å². The molecule has 0 spiro atoms. The van der Waals surface area contributed by atoms with Gasteiger partial charge in [-0.05, 0) is 121 Å². The number of thiophene rings is 2. The van der Waals surface area contributed by atoms with E-state index in [1.807, 2.05) is 76.1 Å². The van der Waals surface area contributed by atoms with Crippen LogP contribution in [0.25, 0.3) is 21.9 Å². The van der Waals surface area contributed by atoms with Crippen molar-refractivity contribution in [1.82, 2.24) is 29.8 Å². The molecule has 1 atom stereocenters. The Bertz CT molecular complexity index is 2840. The Morgan fingerprint density at radius 1 is 0.848 bits per heavy atom. The number of aliphatic hydroxyl groups is 1. The fourth-order valence-corrected chi connectivity index (χ4v) is 11.1. The van der Waals surface area contributed by atoms with Crippen LogP contribution in [0.3, 0.4) is 0 Å². The molecule has 4 aromatic heterocycles. The van der Waals surface area contributed by atoms with Crippen LogP contribution < -0.4 is 10.3 Å². The SMILES string of the molecule is C[C@@H](CN(Cc1ccccc1)Cc1ccc2c(c1)nnn2CCCN(C)[C@H]1CC[C@H](OC(=O)C(O)(c2cccs2)c2cccs2)CC1)c1ccc(OCc2ccccc2)c2[nH]c(=O)ccc12. The number of ether oxygens (including phenoxy) is 2. The Morgan fingerprint density at radius 2 is 1.55 bits per heavy atom. The van der Waals surface area contributed by atoms with Gasteiger partial charge in [0.25, 0.3) is 0 Å². The Hall–Kier alpha value is -5.96. The Kier molecular flexibility index (Phi) is 14.2. The summed E-state index contributed by atoms with van der Waals surface area (Å²) in [6.07, 6.45) is 4.08. The summed E-state index contributed by atoms with van der Waals surface area (Å²) in [5.74, 6) is 0.209. The number of nitrogens with one attached hydrogen (secondary N) is 1. The van der Waals surface area contributed by atoms with Gasteiger partial charge in [-0.3, -0.25) is 9.69 Å². The van der Waals surface area contributed by atoms with Gasteiger partial charge >= 0.3 is 5.97 Å². The predicted octanol–water partition coefficient (Wildman–Crippen LogP) is 9.89. The molecule has 13 heteroatoms. The molecule has 0 radical (unpaired) electrons. The molecule has 340 valence electrons. The highest BCUT2D eigenvalue weighted by Crippen LogP contribution is 2.38. The number of benzene rings is 4. The maximum Gasteiger partial charge on any atom is 0.349 e. The van der Waals surface area contributed by atoms with Gasteiger partial charge in [-0.2, -0.15) is 0 Å². The van der Waals surface area contributed by atoms with E-state index < -0.39 is 11.6 Å². The molecule has 1 fully saturated rings. The monoisotopic (exact) mass is 920 g/mol. The van der Waals surface area contributed by atoms with Crippen LogP contribution in [0.5, 0.6) is 5.75 Å². The van der Waals surface area contributed by atoms with Gasteiger partial charge in [0.05, 0.1) is 20.8 Å². The highest BCUT2D eigenvalue weighted by atomic mass is 32.1. The van der Waals surface area contributed by atoms with Crippen LogP contribution in [0, 0.1) is 0 Å². The molecule has 11 nitrogen and oxygen atoms in total. The minimum absolute atomic E-state index is 0.139. The summed E-state index contributed by atoms with van der Waals surface area (Å²) < 4.78 is 14.3. The van der Waals surface area contributed by atoms with E-state index in [9.17, 15) is 14.7 Å². The first-order chi connectivity index (χ1) is 32.2. The maximum absolute atomic E-state index is 13.5. The first kappa shape index (κ1) is 45.2. The van der Waals surface area contributed by atoms with Crippen molar-refractivity contribution in [2.45, 2.75) is 88.9 Å². The number of rotatable bonds is 19. The van der Waals surface area contributed by atoms with Gasteiger partial charge < -0.3 is 24.5 Å². The van der Waals surface area contributed by atoms with Crippen LogP contribution in [0.1, 0.15) is 77.0 Å². The van der Waals surface area contributed by atoms with Crippen molar-refractivity contribution in [1.29, 1.82) is 0 Å². The summed E-state index contributed by atoms with van der Waals surface area (Å²) >= 11 is 2.72. The van der Waals surface area contributed by atoms with Gasteiger partial charge in [0.15, 0.2) is 0 Å². The van der Waals surface area contributed by atoms with Gasteiger partial charge in [0, 0.05) is 43.7 Å². The molecule has 1 saturated carbocycles. The smallest absolute Gasteiger partial charge is 0.349 e. The van der Waals surface area contributed by atoms with Gasteiger partial charge in [-0.25, -0.2) is 9.48 Å². The van der Waals surface area contributed by atoms with Crippen molar-refractivity contribution in [3.05, 3.63) is 181 Å². The van der Waals surface area contributed by atoms with Gasteiger partial charge in [-0.15, -0.1) is 27.8 Å². The molecule has 4 aromatic carbocycles. The fourth-order valence-electron chi connectivity index (χ4n) is 9.37. The quantitative estimate of drug-likeness (QED) is 0.0763. The molecular weight excluding hydrogens is 865 g/mol. The van der Waals surface area contributed by atoms with Crippen LogP contribution in [0.15, 0.2) is 143 Å². The van der Waals surface area contributed by atoms with E-state index >= 15 is 0 Å². The molecule has 0 unspecified atom stereocenters. The van der Waals surface area contributed by atoms with Crippen LogP contribution in [-0.4, -0.2) is 73.1 Å². The minimum Gasteiger partial charge on any atom is -0.487 e. The van der Waals surface area contributed by atoms with Crippen molar-refractivity contribution >= 4 is 50.6 Å². The number of H-pyrrole nitrogens is 1. The zero-order valence-electron chi connectivity index (χ0n) is 37.4. The second kappa shape index (κ2) is 20.7. The van der Waals surface area contributed by atoms with Crippen molar-refractivity contribution in [2.75, 3.05) is 20.1 Å². The molecule has 4 heterocycles. The lowest BCUT2D eigenvalue weighted by Gasteiger charge is -2.35. The number of esters is 1. The summed E-state index contributed by atoms with van der Waals surface area (Å²) in [7, 11) is 2.18.